The molecule has 0 aliphatic carbocycles. The molecule has 1 unspecified atom stereocenters. The highest BCUT2D eigenvalue weighted by Gasteiger charge is 2.34. The maximum Gasteiger partial charge on any atom is 0.163 e. The highest BCUT2D eigenvalue weighted by atomic mass is 35.5. The van der Waals surface area contributed by atoms with Gasteiger partial charge in [-0.3, -0.25) is 4.79 Å². The SMILES string of the molecule is CCC(C(=O)C(C)(C)Cc1ccc(Cl)cc1)n1cncn1. The summed E-state index contributed by atoms with van der Waals surface area (Å²) in [7, 11) is 0. The third-order valence-corrected chi connectivity index (χ3v) is 3.92. The molecule has 0 spiro atoms. The van der Waals surface area contributed by atoms with E-state index in [-0.39, 0.29) is 11.8 Å². The zero-order chi connectivity index (χ0) is 15.5. The summed E-state index contributed by atoms with van der Waals surface area (Å²) in [5, 5.41) is 4.81. The second-order valence-corrected chi connectivity index (χ2v) is 6.29. The van der Waals surface area contributed by atoms with E-state index < -0.39 is 5.41 Å². The molecule has 2 rings (SSSR count). The van der Waals surface area contributed by atoms with Crippen molar-refractivity contribution >= 4 is 17.4 Å². The summed E-state index contributed by atoms with van der Waals surface area (Å²) in [6, 6.07) is 7.37. The number of carbonyl (C=O) groups excluding carboxylic acids is 1. The van der Waals surface area contributed by atoms with Gasteiger partial charge in [0.25, 0.3) is 0 Å². The van der Waals surface area contributed by atoms with Crippen LogP contribution in [0.2, 0.25) is 5.02 Å². The lowest BCUT2D eigenvalue weighted by atomic mass is 9.78. The topological polar surface area (TPSA) is 47.8 Å². The molecule has 0 saturated heterocycles. The van der Waals surface area contributed by atoms with Crippen LogP contribution < -0.4 is 0 Å². The Hall–Kier alpha value is -1.68. The average molecular weight is 306 g/mol. The Morgan fingerprint density at radius 1 is 1.33 bits per heavy atom. The first-order valence-electron chi connectivity index (χ1n) is 7.07. The van der Waals surface area contributed by atoms with Crippen LogP contribution in [0.1, 0.15) is 38.8 Å². The number of halogens is 1. The molecule has 2 aromatic rings. The maximum absolute atomic E-state index is 12.9. The predicted molar refractivity (Wildman–Crippen MR) is 83.3 cm³/mol. The van der Waals surface area contributed by atoms with Gasteiger partial charge >= 0.3 is 0 Å². The number of Topliss-reactive ketones (excluding diaryl/α,β-unsaturated/α-hetero) is 1. The molecule has 5 heteroatoms. The van der Waals surface area contributed by atoms with E-state index in [9.17, 15) is 4.79 Å². The Bertz CT molecular complexity index is 590. The first-order valence-corrected chi connectivity index (χ1v) is 7.44. The standard InChI is InChI=1S/C16H20ClN3O/c1-4-14(20-11-18-10-19-20)15(21)16(2,3)9-12-5-7-13(17)8-6-12/h5-8,10-11,14H,4,9H2,1-3H3. The van der Waals surface area contributed by atoms with E-state index in [1.54, 1.807) is 11.0 Å². The van der Waals surface area contributed by atoms with E-state index >= 15 is 0 Å². The molecule has 1 aromatic heterocycles. The minimum absolute atomic E-state index is 0.172. The molecule has 21 heavy (non-hydrogen) atoms. The molecule has 112 valence electrons. The number of rotatable bonds is 6. The van der Waals surface area contributed by atoms with E-state index in [1.165, 1.54) is 6.33 Å². The minimum atomic E-state index is -0.472. The smallest absolute Gasteiger partial charge is 0.163 e. The number of carbonyl (C=O) groups is 1. The lowest BCUT2D eigenvalue weighted by Crippen LogP contribution is -2.34. The maximum atomic E-state index is 12.9. The average Bonchev–Trinajstić information content (AvgIpc) is 2.96. The Morgan fingerprint density at radius 2 is 2.00 bits per heavy atom. The van der Waals surface area contributed by atoms with E-state index in [0.717, 1.165) is 5.56 Å². The molecule has 1 aromatic carbocycles. The molecule has 1 heterocycles. The van der Waals surface area contributed by atoms with Crippen molar-refractivity contribution in [1.29, 1.82) is 0 Å². The first-order chi connectivity index (χ1) is 9.94. The van der Waals surface area contributed by atoms with E-state index in [4.69, 9.17) is 11.6 Å². The number of benzene rings is 1. The van der Waals surface area contributed by atoms with Crippen LogP contribution in [0, 0.1) is 5.41 Å². The summed E-state index contributed by atoms with van der Waals surface area (Å²) in [6.45, 7) is 5.94. The third-order valence-electron chi connectivity index (χ3n) is 3.67. The lowest BCUT2D eigenvalue weighted by molar-refractivity contribution is -0.130. The lowest BCUT2D eigenvalue weighted by Gasteiger charge is -2.28. The fourth-order valence-electron chi connectivity index (χ4n) is 2.52. The summed E-state index contributed by atoms with van der Waals surface area (Å²) in [5.74, 6) is 0.172. The monoisotopic (exact) mass is 305 g/mol. The van der Waals surface area contributed by atoms with Gasteiger partial charge in [-0.05, 0) is 30.5 Å². The quantitative estimate of drug-likeness (QED) is 0.817. The van der Waals surface area contributed by atoms with Crippen molar-refractivity contribution in [2.24, 2.45) is 5.41 Å². The fourth-order valence-corrected chi connectivity index (χ4v) is 2.65. The summed E-state index contributed by atoms with van der Waals surface area (Å²) < 4.78 is 1.64. The summed E-state index contributed by atoms with van der Waals surface area (Å²) in [6.07, 6.45) is 4.44. The van der Waals surface area contributed by atoms with Gasteiger partial charge in [0.05, 0.1) is 0 Å². The molecule has 0 bridgehead atoms. The van der Waals surface area contributed by atoms with Gasteiger partial charge in [-0.15, -0.1) is 0 Å². The molecule has 0 fully saturated rings. The van der Waals surface area contributed by atoms with Crippen molar-refractivity contribution in [3.8, 4) is 0 Å². The van der Waals surface area contributed by atoms with Crippen LogP contribution in [-0.2, 0) is 11.2 Å². The van der Waals surface area contributed by atoms with Crippen LogP contribution in [0.15, 0.2) is 36.9 Å². The zero-order valence-corrected chi connectivity index (χ0v) is 13.3. The molecule has 0 aliphatic heterocycles. The van der Waals surface area contributed by atoms with Crippen LogP contribution in [0.4, 0.5) is 0 Å². The summed E-state index contributed by atoms with van der Waals surface area (Å²) >= 11 is 5.90. The number of aromatic nitrogens is 3. The van der Waals surface area contributed by atoms with Crippen molar-refractivity contribution in [1.82, 2.24) is 14.8 Å². The minimum Gasteiger partial charge on any atom is -0.297 e. The number of ketones is 1. The molecule has 0 amide bonds. The van der Waals surface area contributed by atoms with Crippen molar-refractivity contribution in [3.63, 3.8) is 0 Å². The second-order valence-electron chi connectivity index (χ2n) is 5.85. The highest BCUT2D eigenvalue weighted by molar-refractivity contribution is 6.30. The van der Waals surface area contributed by atoms with Crippen molar-refractivity contribution < 1.29 is 4.79 Å². The van der Waals surface area contributed by atoms with Gasteiger partial charge in [-0.2, -0.15) is 5.10 Å². The normalized spacial score (nSPS) is 13.1. The molecular weight excluding hydrogens is 286 g/mol. The van der Waals surface area contributed by atoms with E-state index in [1.807, 2.05) is 45.0 Å². The van der Waals surface area contributed by atoms with Gasteiger partial charge in [-0.25, -0.2) is 9.67 Å². The number of hydrogen-bond donors (Lipinski definition) is 0. The van der Waals surface area contributed by atoms with Crippen LogP contribution >= 0.6 is 11.6 Å². The Labute approximate surface area is 130 Å². The van der Waals surface area contributed by atoms with Gasteiger partial charge < -0.3 is 0 Å². The Morgan fingerprint density at radius 3 is 2.52 bits per heavy atom. The van der Waals surface area contributed by atoms with Crippen LogP contribution in [0.25, 0.3) is 0 Å². The van der Waals surface area contributed by atoms with Gasteiger partial charge in [0.15, 0.2) is 5.78 Å². The Balaban J connectivity index is 2.17. The summed E-state index contributed by atoms with van der Waals surface area (Å²) in [4.78, 5) is 16.8. The molecule has 4 nitrogen and oxygen atoms in total. The number of hydrogen-bond acceptors (Lipinski definition) is 3. The van der Waals surface area contributed by atoms with Crippen molar-refractivity contribution in [2.45, 2.75) is 39.7 Å². The molecule has 0 aliphatic rings. The molecule has 1 atom stereocenters. The highest BCUT2D eigenvalue weighted by Crippen LogP contribution is 2.30. The second kappa shape index (κ2) is 6.39. The van der Waals surface area contributed by atoms with Gasteiger partial charge in [0.1, 0.15) is 18.7 Å². The van der Waals surface area contributed by atoms with Gasteiger partial charge in [0, 0.05) is 10.4 Å². The molecular formula is C16H20ClN3O. The fraction of sp³-hybridized carbons (Fsp3) is 0.438. The van der Waals surface area contributed by atoms with Crippen LogP contribution in [0.3, 0.4) is 0 Å². The molecule has 0 N–H and O–H groups in total. The largest absolute Gasteiger partial charge is 0.297 e. The van der Waals surface area contributed by atoms with E-state index in [0.29, 0.717) is 17.9 Å². The molecule has 0 radical (unpaired) electrons. The third kappa shape index (κ3) is 3.70. The van der Waals surface area contributed by atoms with Gasteiger partial charge in [-0.1, -0.05) is 44.5 Å². The van der Waals surface area contributed by atoms with Crippen LogP contribution in [-0.4, -0.2) is 20.5 Å². The zero-order valence-electron chi connectivity index (χ0n) is 12.6. The number of nitrogens with zero attached hydrogens (tertiary/aromatic N) is 3. The van der Waals surface area contributed by atoms with Gasteiger partial charge in [0.2, 0.25) is 0 Å². The van der Waals surface area contributed by atoms with E-state index in [2.05, 4.69) is 10.1 Å². The summed E-state index contributed by atoms with van der Waals surface area (Å²) in [5.41, 5.74) is 0.631. The predicted octanol–water partition coefficient (Wildman–Crippen LogP) is 3.72. The molecule has 0 saturated carbocycles. The first kappa shape index (κ1) is 15.7. The van der Waals surface area contributed by atoms with Crippen molar-refractivity contribution in [2.75, 3.05) is 0 Å². The van der Waals surface area contributed by atoms with Crippen molar-refractivity contribution in [3.05, 3.63) is 47.5 Å². The van der Waals surface area contributed by atoms with Crippen LogP contribution in [0.5, 0.6) is 0 Å². The Kier molecular flexibility index (Phi) is 4.78.